The van der Waals surface area contributed by atoms with Crippen molar-refractivity contribution >= 4 is 35.4 Å². The van der Waals surface area contributed by atoms with Crippen molar-refractivity contribution in [2.45, 2.75) is 0 Å². The van der Waals surface area contributed by atoms with E-state index in [0.29, 0.717) is 27.5 Å². The molecule has 4 nitrogen and oxygen atoms in total. The highest BCUT2D eigenvalue weighted by Gasteiger charge is 2.03. The molecule has 0 aromatic heterocycles. The fourth-order valence-corrected chi connectivity index (χ4v) is 2.35. The average Bonchev–Trinajstić information content (AvgIpc) is 2.61. The second-order valence-corrected chi connectivity index (χ2v) is 5.70. The number of phenolic OH excluding ortho intramolecular Hbond substituents is 2. The van der Waals surface area contributed by atoms with Crippen molar-refractivity contribution in [1.29, 1.82) is 0 Å². The van der Waals surface area contributed by atoms with Gasteiger partial charge in [-0.15, -0.1) is 0 Å². The molecule has 0 aliphatic heterocycles. The lowest BCUT2D eigenvalue weighted by molar-refractivity contribution is 0.474. The Hall–Kier alpha value is -3.11. The molecular formula is C20H15ClN2O2. The molecule has 0 amide bonds. The van der Waals surface area contributed by atoms with Crippen LogP contribution < -0.4 is 0 Å². The molecule has 3 aromatic carbocycles. The first-order valence-electron chi connectivity index (χ1n) is 7.57. The van der Waals surface area contributed by atoms with Crippen molar-refractivity contribution in [3.63, 3.8) is 0 Å². The second kappa shape index (κ2) is 7.64. The molecule has 0 aliphatic carbocycles. The predicted octanol–water partition coefficient (Wildman–Crippen LogP) is 5.25. The first kappa shape index (κ1) is 16.7. The number of benzene rings is 3. The number of aliphatic imine (C=N–C) groups is 2. The minimum atomic E-state index is 0.146. The molecule has 0 heterocycles. The zero-order valence-electron chi connectivity index (χ0n) is 13.2. The van der Waals surface area contributed by atoms with Crippen molar-refractivity contribution in [2.24, 2.45) is 9.98 Å². The number of nitrogens with zero attached hydrogens (tertiary/aromatic N) is 2. The molecule has 25 heavy (non-hydrogen) atoms. The fraction of sp³-hybridized carbons (Fsp3) is 0. The van der Waals surface area contributed by atoms with Gasteiger partial charge in [0.15, 0.2) is 0 Å². The Kier molecular flexibility index (Phi) is 5.11. The van der Waals surface area contributed by atoms with Gasteiger partial charge in [-0.25, -0.2) is 0 Å². The summed E-state index contributed by atoms with van der Waals surface area (Å²) in [6.07, 6.45) is 3.12. The van der Waals surface area contributed by atoms with Gasteiger partial charge in [-0.1, -0.05) is 35.9 Å². The van der Waals surface area contributed by atoms with Crippen LogP contribution in [0.2, 0.25) is 5.02 Å². The van der Waals surface area contributed by atoms with E-state index in [1.807, 2.05) is 12.1 Å². The van der Waals surface area contributed by atoms with Gasteiger partial charge in [0.25, 0.3) is 0 Å². The summed E-state index contributed by atoms with van der Waals surface area (Å²) in [4.78, 5) is 8.78. The Morgan fingerprint density at radius 2 is 1.20 bits per heavy atom. The standard InChI is InChI=1S/C20H15ClN2O2/c21-16-9-10-17(22-12-14-5-1-3-7-19(14)24)18(11-16)23-13-15-6-2-4-8-20(15)25/h1-13,24-25H. The Morgan fingerprint density at radius 1 is 0.680 bits per heavy atom. The third-order valence-corrected chi connectivity index (χ3v) is 3.73. The van der Waals surface area contributed by atoms with Crippen LogP contribution in [-0.2, 0) is 0 Å². The van der Waals surface area contributed by atoms with Gasteiger partial charge in [0, 0.05) is 28.6 Å². The summed E-state index contributed by atoms with van der Waals surface area (Å²) in [5, 5.41) is 20.2. The first-order valence-corrected chi connectivity index (χ1v) is 7.95. The van der Waals surface area contributed by atoms with E-state index in [2.05, 4.69) is 9.98 Å². The normalized spacial score (nSPS) is 11.4. The first-order chi connectivity index (χ1) is 12.1. The van der Waals surface area contributed by atoms with Crippen molar-refractivity contribution in [1.82, 2.24) is 0 Å². The van der Waals surface area contributed by atoms with Gasteiger partial charge >= 0.3 is 0 Å². The summed E-state index contributed by atoms with van der Waals surface area (Å²) in [5.74, 6) is 0.298. The highest BCUT2D eigenvalue weighted by atomic mass is 35.5. The van der Waals surface area contributed by atoms with Crippen LogP contribution in [0.15, 0.2) is 76.7 Å². The lowest BCUT2D eigenvalue weighted by atomic mass is 10.2. The van der Waals surface area contributed by atoms with E-state index >= 15 is 0 Å². The Labute approximate surface area is 150 Å². The Bertz CT molecular complexity index is 952. The summed E-state index contributed by atoms with van der Waals surface area (Å²) in [7, 11) is 0. The van der Waals surface area contributed by atoms with Gasteiger partial charge < -0.3 is 10.2 Å². The largest absolute Gasteiger partial charge is 0.507 e. The zero-order chi connectivity index (χ0) is 17.6. The zero-order valence-corrected chi connectivity index (χ0v) is 13.9. The SMILES string of the molecule is Oc1ccccc1C=Nc1ccc(Cl)cc1N=Cc1ccccc1O. The van der Waals surface area contributed by atoms with Crippen LogP contribution in [0.25, 0.3) is 0 Å². The number of hydrogen-bond donors (Lipinski definition) is 2. The number of rotatable bonds is 4. The van der Waals surface area contributed by atoms with E-state index < -0.39 is 0 Å². The lowest BCUT2D eigenvalue weighted by Gasteiger charge is -2.03. The van der Waals surface area contributed by atoms with Gasteiger partial charge in [-0.2, -0.15) is 0 Å². The molecule has 0 saturated heterocycles. The Balaban J connectivity index is 1.93. The molecule has 0 spiro atoms. The second-order valence-electron chi connectivity index (χ2n) is 5.27. The summed E-state index contributed by atoms with van der Waals surface area (Å²) < 4.78 is 0. The van der Waals surface area contributed by atoms with E-state index in [-0.39, 0.29) is 11.5 Å². The molecule has 0 fully saturated rings. The molecule has 0 saturated carbocycles. The highest BCUT2D eigenvalue weighted by Crippen LogP contribution is 2.31. The van der Waals surface area contributed by atoms with Crippen LogP contribution in [0.4, 0.5) is 11.4 Å². The summed E-state index contributed by atoms with van der Waals surface area (Å²) in [5.41, 5.74) is 2.35. The van der Waals surface area contributed by atoms with E-state index in [4.69, 9.17) is 11.6 Å². The van der Waals surface area contributed by atoms with Crippen LogP contribution in [-0.4, -0.2) is 22.6 Å². The molecule has 5 heteroatoms. The van der Waals surface area contributed by atoms with E-state index in [9.17, 15) is 10.2 Å². The van der Waals surface area contributed by atoms with E-state index in [0.717, 1.165) is 0 Å². The molecule has 0 aliphatic rings. The number of aromatic hydroxyl groups is 2. The maximum Gasteiger partial charge on any atom is 0.124 e. The summed E-state index contributed by atoms with van der Waals surface area (Å²) in [6.45, 7) is 0. The van der Waals surface area contributed by atoms with Crippen LogP contribution in [0, 0.1) is 0 Å². The fourth-order valence-electron chi connectivity index (χ4n) is 2.18. The van der Waals surface area contributed by atoms with Crippen molar-refractivity contribution in [2.75, 3.05) is 0 Å². The maximum atomic E-state index is 9.82. The molecule has 0 unspecified atom stereocenters. The lowest BCUT2D eigenvalue weighted by Crippen LogP contribution is -1.83. The topological polar surface area (TPSA) is 65.2 Å². The number of phenols is 2. The Morgan fingerprint density at radius 3 is 1.76 bits per heavy atom. The molecule has 3 aromatic rings. The predicted molar refractivity (Wildman–Crippen MR) is 102 cm³/mol. The van der Waals surface area contributed by atoms with Crippen molar-refractivity contribution in [3.05, 3.63) is 82.9 Å². The van der Waals surface area contributed by atoms with E-state index in [1.54, 1.807) is 67.0 Å². The number of halogens is 1. The van der Waals surface area contributed by atoms with Gasteiger partial charge in [-0.3, -0.25) is 9.98 Å². The van der Waals surface area contributed by atoms with E-state index in [1.165, 1.54) is 0 Å². The third kappa shape index (κ3) is 4.25. The summed E-state index contributed by atoms with van der Waals surface area (Å²) >= 11 is 6.06. The van der Waals surface area contributed by atoms with Crippen LogP contribution >= 0.6 is 11.6 Å². The molecule has 0 bridgehead atoms. The highest BCUT2D eigenvalue weighted by molar-refractivity contribution is 6.31. The number of para-hydroxylation sites is 2. The summed E-state index contributed by atoms with van der Waals surface area (Å²) in [6, 6.07) is 19.0. The minimum absolute atomic E-state index is 0.146. The molecule has 2 N–H and O–H groups in total. The third-order valence-electron chi connectivity index (χ3n) is 3.50. The molecule has 0 radical (unpaired) electrons. The van der Waals surface area contributed by atoms with Gasteiger partial charge in [0.1, 0.15) is 11.5 Å². The van der Waals surface area contributed by atoms with Crippen LogP contribution in [0.3, 0.4) is 0 Å². The molecule has 124 valence electrons. The number of hydrogen-bond acceptors (Lipinski definition) is 4. The minimum Gasteiger partial charge on any atom is -0.507 e. The van der Waals surface area contributed by atoms with Gasteiger partial charge in [-0.05, 0) is 42.5 Å². The van der Waals surface area contributed by atoms with Crippen LogP contribution in [0.5, 0.6) is 11.5 Å². The van der Waals surface area contributed by atoms with Gasteiger partial charge in [0.2, 0.25) is 0 Å². The molecule has 3 rings (SSSR count). The smallest absolute Gasteiger partial charge is 0.124 e. The van der Waals surface area contributed by atoms with Crippen molar-refractivity contribution in [3.8, 4) is 11.5 Å². The van der Waals surface area contributed by atoms with Crippen molar-refractivity contribution < 1.29 is 10.2 Å². The van der Waals surface area contributed by atoms with Crippen LogP contribution in [0.1, 0.15) is 11.1 Å². The molecule has 0 atom stereocenters. The quantitative estimate of drug-likeness (QED) is 0.631. The maximum absolute atomic E-state index is 9.82. The molecular weight excluding hydrogens is 336 g/mol. The average molecular weight is 351 g/mol. The van der Waals surface area contributed by atoms with Gasteiger partial charge in [0.05, 0.1) is 11.4 Å². The monoisotopic (exact) mass is 350 g/mol.